The zero-order valence-corrected chi connectivity index (χ0v) is 10.4. The van der Waals surface area contributed by atoms with E-state index in [-0.39, 0.29) is 0 Å². The number of hydrogen-bond acceptors (Lipinski definition) is 2. The van der Waals surface area contributed by atoms with Gasteiger partial charge >= 0.3 is 0 Å². The lowest BCUT2D eigenvalue weighted by molar-refractivity contribution is 0.676. The average molecular weight is 246 g/mol. The lowest BCUT2D eigenvalue weighted by atomic mass is 10.2. The maximum atomic E-state index is 11.7. The summed E-state index contributed by atoms with van der Waals surface area (Å²) in [6, 6.07) is 7.56. The molecule has 2 nitrogen and oxygen atoms in total. The standard InChI is InChI=1S/C11H16ClNOS/c1-2-13-7-8-15(14)9-10-5-3-4-6-11(10)12/h3-6,13H,2,7-9H2,1H3. The van der Waals surface area contributed by atoms with Crippen molar-refractivity contribution in [3.8, 4) is 0 Å². The first-order valence-electron chi connectivity index (χ1n) is 5.03. The molecule has 1 N–H and O–H groups in total. The van der Waals surface area contributed by atoms with Crippen LogP contribution < -0.4 is 5.32 Å². The predicted molar refractivity (Wildman–Crippen MR) is 66.7 cm³/mol. The SMILES string of the molecule is CCNCCS(=O)Cc1ccccc1Cl. The van der Waals surface area contributed by atoms with Crippen molar-refractivity contribution in [2.75, 3.05) is 18.8 Å². The van der Waals surface area contributed by atoms with Gasteiger partial charge in [0.1, 0.15) is 0 Å². The van der Waals surface area contributed by atoms with Crippen molar-refractivity contribution in [3.05, 3.63) is 34.9 Å². The summed E-state index contributed by atoms with van der Waals surface area (Å²) in [6.45, 7) is 3.76. The lowest BCUT2D eigenvalue weighted by Crippen LogP contribution is -2.20. The van der Waals surface area contributed by atoms with Crippen LogP contribution in [0.4, 0.5) is 0 Å². The topological polar surface area (TPSA) is 29.1 Å². The molecule has 1 unspecified atom stereocenters. The number of nitrogens with one attached hydrogen (secondary N) is 1. The Bertz CT molecular complexity index is 330. The molecule has 0 aliphatic carbocycles. The highest BCUT2D eigenvalue weighted by molar-refractivity contribution is 7.84. The molecule has 1 aromatic carbocycles. The fourth-order valence-corrected chi connectivity index (χ4v) is 2.62. The van der Waals surface area contributed by atoms with Crippen LogP contribution in [0.3, 0.4) is 0 Å². The molecule has 84 valence electrons. The number of hydrogen-bond donors (Lipinski definition) is 1. The zero-order chi connectivity index (χ0) is 11.1. The van der Waals surface area contributed by atoms with Gasteiger partial charge in [-0.25, -0.2) is 0 Å². The molecule has 0 aliphatic heterocycles. The van der Waals surface area contributed by atoms with Gasteiger partial charge in [0.2, 0.25) is 0 Å². The first kappa shape index (κ1) is 12.7. The van der Waals surface area contributed by atoms with Gasteiger partial charge in [-0.05, 0) is 18.2 Å². The van der Waals surface area contributed by atoms with E-state index in [1.54, 1.807) is 0 Å². The van der Waals surface area contributed by atoms with Crippen LogP contribution >= 0.6 is 11.6 Å². The summed E-state index contributed by atoms with van der Waals surface area (Å²) in [5.74, 6) is 1.23. The third kappa shape index (κ3) is 4.78. The summed E-state index contributed by atoms with van der Waals surface area (Å²) in [7, 11) is -0.830. The fourth-order valence-electron chi connectivity index (χ4n) is 1.22. The van der Waals surface area contributed by atoms with Gasteiger partial charge in [-0.3, -0.25) is 4.21 Å². The number of benzene rings is 1. The molecular weight excluding hydrogens is 230 g/mol. The van der Waals surface area contributed by atoms with Crippen LogP contribution in [0.1, 0.15) is 12.5 Å². The Morgan fingerprint density at radius 1 is 1.40 bits per heavy atom. The van der Waals surface area contributed by atoms with Crippen molar-refractivity contribution < 1.29 is 4.21 Å². The van der Waals surface area contributed by atoms with Crippen molar-refractivity contribution in [3.63, 3.8) is 0 Å². The van der Waals surface area contributed by atoms with E-state index in [0.717, 1.165) is 18.7 Å². The molecule has 0 fully saturated rings. The molecule has 0 amide bonds. The first-order chi connectivity index (χ1) is 7.24. The van der Waals surface area contributed by atoms with Gasteiger partial charge in [-0.1, -0.05) is 36.7 Å². The van der Waals surface area contributed by atoms with Gasteiger partial charge in [0.15, 0.2) is 0 Å². The highest BCUT2D eigenvalue weighted by Crippen LogP contribution is 2.16. The van der Waals surface area contributed by atoms with Crippen LogP contribution in [0.5, 0.6) is 0 Å². The van der Waals surface area contributed by atoms with E-state index < -0.39 is 10.8 Å². The van der Waals surface area contributed by atoms with Gasteiger partial charge < -0.3 is 5.32 Å². The average Bonchev–Trinajstić information content (AvgIpc) is 2.22. The molecule has 1 aromatic rings. The minimum absolute atomic E-state index is 0.547. The maximum Gasteiger partial charge on any atom is 0.0500 e. The van der Waals surface area contributed by atoms with Crippen molar-refractivity contribution >= 4 is 22.4 Å². The molecule has 0 aliphatic rings. The Kier molecular flexibility index (Phi) is 5.91. The monoisotopic (exact) mass is 245 g/mol. The fraction of sp³-hybridized carbons (Fsp3) is 0.455. The second kappa shape index (κ2) is 6.99. The van der Waals surface area contributed by atoms with E-state index in [0.29, 0.717) is 16.5 Å². The Morgan fingerprint density at radius 2 is 2.13 bits per heavy atom. The van der Waals surface area contributed by atoms with E-state index in [2.05, 4.69) is 5.32 Å². The van der Waals surface area contributed by atoms with Crippen molar-refractivity contribution in [2.24, 2.45) is 0 Å². The third-order valence-electron chi connectivity index (χ3n) is 2.03. The number of halogens is 1. The molecule has 0 saturated heterocycles. The van der Waals surface area contributed by atoms with Crippen LogP contribution in [0.15, 0.2) is 24.3 Å². The molecule has 0 bridgehead atoms. The van der Waals surface area contributed by atoms with Gasteiger partial charge in [0, 0.05) is 28.1 Å². The molecule has 0 spiro atoms. The summed E-state index contributed by atoms with van der Waals surface area (Å²) in [5.41, 5.74) is 0.967. The summed E-state index contributed by atoms with van der Waals surface area (Å²) in [5, 5.41) is 3.86. The molecule has 0 saturated carbocycles. The molecular formula is C11H16ClNOS. The van der Waals surface area contributed by atoms with Crippen LogP contribution in [0.25, 0.3) is 0 Å². The lowest BCUT2D eigenvalue weighted by Gasteiger charge is -2.04. The van der Waals surface area contributed by atoms with Crippen molar-refractivity contribution in [2.45, 2.75) is 12.7 Å². The Morgan fingerprint density at radius 3 is 2.80 bits per heavy atom. The second-order valence-electron chi connectivity index (χ2n) is 3.23. The van der Waals surface area contributed by atoms with E-state index in [4.69, 9.17) is 11.6 Å². The van der Waals surface area contributed by atoms with Crippen molar-refractivity contribution in [1.29, 1.82) is 0 Å². The van der Waals surface area contributed by atoms with Gasteiger partial charge in [0.05, 0.1) is 5.75 Å². The van der Waals surface area contributed by atoms with E-state index in [1.807, 2.05) is 31.2 Å². The second-order valence-corrected chi connectivity index (χ2v) is 5.22. The molecule has 4 heteroatoms. The molecule has 1 atom stereocenters. The van der Waals surface area contributed by atoms with Crippen molar-refractivity contribution in [1.82, 2.24) is 5.32 Å². The molecule has 15 heavy (non-hydrogen) atoms. The summed E-state index contributed by atoms with van der Waals surface area (Å²) in [4.78, 5) is 0. The highest BCUT2D eigenvalue weighted by Gasteiger charge is 2.04. The van der Waals surface area contributed by atoms with Crippen LogP contribution in [0.2, 0.25) is 5.02 Å². The predicted octanol–water partition coefficient (Wildman–Crippen LogP) is 2.20. The smallest absolute Gasteiger partial charge is 0.0500 e. The Balaban J connectivity index is 2.41. The van der Waals surface area contributed by atoms with Gasteiger partial charge in [-0.2, -0.15) is 0 Å². The van der Waals surface area contributed by atoms with Crippen LogP contribution in [0, 0.1) is 0 Å². The first-order valence-corrected chi connectivity index (χ1v) is 6.89. The summed E-state index contributed by atoms with van der Waals surface area (Å²) < 4.78 is 11.7. The maximum absolute atomic E-state index is 11.7. The Labute approximate surface area is 98.5 Å². The molecule has 0 radical (unpaired) electrons. The van der Waals surface area contributed by atoms with Gasteiger partial charge in [-0.15, -0.1) is 0 Å². The molecule has 0 heterocycles. The van der Waals surface area contributed by atoms with E-state index >= 15 is 0 Å². The highest BCUT2D eigenvalue weighted by atomic mass is 35.5. The van der Waals surface area contributed by atoms with Crippen LogP contribution in [-0.4, -0.2) is 23.1 Å². The largest absolute Gasteiger partial charge is 0.316 e. The number of rotatable bonds is 6. The molecule has 1 rings (SSSR count). The quantitative estimate of drug-likeness (QED) is 0.779. The third-order valence-corrected chi connectivity index (χ3v) is 3.69. The Hall–Kier alpha value is -0.380. The molecule has 0 aromatic heterocycles. The van der Waals surface area contributed by atoms with Gasteiger partial charge in [0.25, 0.3) is 0 Å². The minimum atomic E-state index is -0.830. The summed E-state index contributed by atoms with van der Waals surface area (Å²) in [6.07, 6.45) is 0. The normalized spacial score (nSPS) is 12.7. The van der Waals surface area contributed by atoms with E-state index in [9.17, 15) is 4.21 Å². The minimum Gasteiger partial charge on any atom is -0.316 e. The summed E-state index contributed by atoms with van der Waals surface area (Å²) >= 11 is 5.98. The van der Waals surface area contributed by atoms with Crippen LogP contribution in [-0.2, 0) is 16.6 Å². The zero-order valence-electron chi connectivity index (χ0n) is 8.83. The van der Waals surface area contributed by atoms with E-state index in [1.165, 1.54) is 0 Å².